The van der Waals surface area contributed by atoms with Crippen molar-refractivity contribution in [1.82, 2.24) is 0 Å². The van der Waals surface area contributed by atoms with E-state index < -0.39 is 25.8 Å². The Morgan fingerprint density at radius 1 is 0.905 bits per heavy atom. The number of ether oxygens (including phenoxy) is 3. The molecule has 0 saturated heterocycles. The molecule has 1 N–H and O–H groups in total. The van der Waals surface area contributed by atoms with Gasteiger partial charge in [0.05, 0.1) is 6.10 Å². The average molecular weight is 593 g/mol. The predicted octanol–water partition coefficient (Wildman–Crippen LogP) is 7.52. The molecule has 42 heavy (non-hydrogen) atoms. The van der Waals surface area contributed by atoms with E-state index in [-0.39, 0.29) is 47.5 Å². The van der Waals surface area contributed by atoms with Crippen LogP contribution < -0.4 is 0 Å². The minimum atomic E-state index is -2.30. The van der Waals surface area contributed by atoms with Crippen molar-refractivity contribution in [3.05, 3.63) is 83.3 Å². The summed E-state index contributed by atoms with van der Waals surface area (Å²) in [6.45, 7) is 15.5. The Kier molecular flexibility index (Phi) is 8.53. The topological polar surface area (TPSA) is 74.2 Å². The van der Waals surface area contributed by atoms with E-state index in [1.165, 1.54) is 0 Å². The molecule has 1 spiro atoms. The predicted molar refractivity (Wildman–Crippen MR) is 166 cm³/mol. The van der Waals surface area contributed by atoms with Crippen molar-refractivity contribution in [2.75, 3.05) is 0 Å². The molecule has 1 heterocycles. The number of hydrogen-bond donors (Lipinski definition) is 1. The Hall–Kier alpha value is -2.45. The van der Waals surface area contributed by atoms with Crippen LogP contribution in [-0.2, 0) is 36.6 Å². The summed E-state index contributed by atoms with van der Waals surface area (Å²) in [5.41, 5.74) is 0.810. The summed E-state index contributed by atoms with van der Waals surface area (Å²) >= 11 is 0. The summed E-state index contributed by atoms with van der Waals surface area (Å²) in [7, 11) is -2.30. The van der Waals surface area contributed by atoms with E-state index in [1.54, 1.807) is 6.92 Å². The third kappa shape index (κ3) is 5.86. The van der Waals surface area contributed by atoms with Gasteiger partial charge in [0.25, 0.3) is 0 Å². The maximum atomic E-state index is 13.2. The van der Waals surface area contributed by atoms with Crippen molar-refractivity contribution < 1.29 is 28.5 Å². The quantitative estimate of drug-likeness (QED) is 0.320. The molecule has 2 saturated carbocycles. The molecule has 7 heteroatoms. The minimum Gasteiger partial charge on any atom is -0.486 e. The van der Waals surface area contributed by atoms with Gasteiger partial charge < -0.3 is 23.7 Å². The van der Waals surface area contributed by atoms with Gasteiger partial charge in [-0.25, -0.2) is 0 Å². The Morgan fingerprint density at radius 2 is 1.45 bits per heavy atom. The van der Waals surface area contributed by atoms with Gasteiger partial charge in [-0.1, -0.05) is 88.4 Å². The van der Waals surface area contributed by atoms with Crippen molar-refractivity contribution in [3.8, 4) is 0 Å². The number of Topliss-reactive ketones (excluding diaryl/α,β-unsaturated/α-hetero) is 1. The number of fused-ring (bicyclic) bond motifs is 2. The van der Waals surface area contributed by atoms with Gasteiger partial charge in [0, 0.05) is 18.8 Å². The lowest BCUT2D eigenvalue weighted by molar-refractivity contribution is -0.275. The van der Waals surface area contributed by atoms with Gasteiger partial charge in [0.2, 0.25) is 5.79 Å². The highest BCUT2D eigenvalue weighted by atomic mass is 28.4. The second-order valence-corrected chi connectivity index (χ2v) is 19.0. The molecule has 0 radical (unpaired) electrons. The fourth-order valence-corrected chi connectivity index (χ4v) is 8.28. The van der Waals surface area contributed by atoms with Gasteiger partial charge >= 0.3 is 0 Å². The summed E-state index contributed by atoms with van der Waals surface area (Å²) in [6, 6.07) is 19.9. The number of carbonyl (C=O) groups excluding carboxylic acids is 1. The first-order valence-corrected chi connectivity index (χ1v) is 18.4. The summed E-state index contributed by atoms with van der Waals surface area (Å²) in [5, 5.41) is 12.0. The second-order valence-electron chi connectivity index (χ2n) is 14.2. The van der Waals surface area contributed by atoms with Crippen LogP contribution in [0.15, 0.2) is 72.2 Å². The van der Waals surface area contributed by atoms with Crippen LogP contribution in [0, 0.1) is 17.8 Å². The maximum Gasteiger partial charge on any atom is 0.227 e. The maximum absolute atomic E-state index is 13.2. The zero-order valence-electron chi connectivity index (χ0n) is 26.3. The van der Waals surface area contributed by atoms with Gasteiger partial charge in [-0.05, 0) is 60.9 Å². The van der Waals surface area contributed by atoms with Crippen LogP contribution >= 0.6 is 0 Å². The van der Waals surface area contributed by atoms with E-state index in [9.17, 15) is 9.90 Å². The Balaban J connectivity index is 1.65. The van der Waals surface area contributed by atoms with E-state index >= 15 is 0 Å². The highest BCUT2D eigenvalue weighted by Gasteiger charge is 2.68. The molecular formula is C35H48O6Si. The van der Waals surface area contributed by atoms with Gasteiger partial charge in [-0.2, -0.15) is 0 Å². The van der Waals surface area contributed by atoms with E-state index in [2.05, 4.69) is 40.8 Å². The molecule has 2 aliphatic carbocycles. The summed E-state index contributed by atoms with van der Waals surface area (Å²) < 4.78 is 27.3. The van der Waals surface area contributed by atoms with Crippen LogP contribution in [0.25, 0.3) is 0 Å². The molecule has 3 aliphatic rings. The largest absolute Gasteiger partial charge is 0.486 e. The molecule has 2 fully saturated rings. The van der Waals surface area contributed by atoms with Crippen molar-refractivity contribution in [1.29, 1.82) is 0 Å². The molecule has 6 nitrogen and oxygen atoms in total. The molecular weight excluding hydrogens is 544 g/mol. The lowest BCUT2D eigenvalue weighted by Crippen LogP contribution is -2.63. The number of rotatable bonds is 8. The molecule has 2 aromatic carbocycles. The number of hydrogen-bond acceptors (Lipinski definition) is 6. The standard InChI is InChI=1S/C35H48O6Si/c1-24-20-27(36)21-29-28(24)18-19-30(40-42(6,7)33(2,3)4)35(29)32(39-23-26-16-12-9-13-17-26)31(34(5,37)41-35)38-22-25-14-10-8-11-15-25/h8-17,24,28-30,37H,18-23H2,1-7H3/t24-,28+,29-,30+,34?,35?/m0/s1. The van der Waals surface area contributed by atoms with Crippen LogP contribution in [0.4, 0.5) is 0 Å². The van der Waals surface area contributed by atoms with Gasteiger partial charge in [-0.15, -0.1) is 0 Å². The Labute approximate surface area is 252 Å². The lowest BCUT2D eigenvalue weighted by atomic mass is 9.58. The SMILES string of the molecule is C[C@H]1CC(=O)C[C@H]2[C@@H]1CC[C@@H](O[Si](C)(C)C(C)(C)C)C21OC(C)(O)C(OCc2ccccc2)=C1OCc1ccccc1. The van der Waals surface area contributed by atoms with Crippen LogP contribution in [0.5, 0.6) is 0 Å². The molecule has 0 bridgehead atoms. The Bertz CT molecular complexity index is 1280. The molecule has 0 amide bonds. The molecule has 228 valence electrons. The molecule has 1 aliphatic heterocycles. The third-order valence-corrected chi connectivity index (χ3v) is 14.6. The van der Waals surface area contributed by atoms with E-state index in [4.69, 9.17) is 18.6 Å². The van der Waals surface area contributed by atoms with Crippen LogP contribution in [0.2, 0.25) is 18.1 Å². The number of ketones is 1. The minimum absolute atomic E-state index is 0.0384. The number of aliphatic hydroxyl groups is 1. The summed E-state index contributed by atoms with van der Waals surface area (Å²) in [5.74, 6) is -0.541. The van der Waals surface area contributed by atoms with Crippen molar-refractivity contribution in [2.24, 2.45) is 17.8 Å². The first kappa shape index (κ1) is 31.0. The smallest absolute Gasteiger partial charge is 0.227 e. The van der Waals surface area contributed by atoms with Crippen LogP contribution in [0.1, 0.15) is 71.4 Å². The number of carbonyl (C=O) groups is 1. The molecule has 6 atom stereocenters. The molecule has 2 aromatic rings. The van der Waals surface area contributed by atoms with Gasteiger partial charge in [0.1, 0.15) is 19.0 Å². The first-order valence-electron chi connectivity index (χ1n) is 15.5. The monoisotopic (exact) mass is 592 g/mol. The molecule has 0 aromatic heterocycles. The van der Waals surface area contributed by atoms with Gasteiger partial charge in [0.15, 0.2) is 25.4 Å². The highest BCUT2D eigenvalue weighted by molar-refractivity contribution is 6.74. The molecule has 2 unspecified atom stereocenters. The van der Waals surface area contributed by atoms with Crippen LogP contribution in [0.3, 0.4) is 0 Å². The zero-order valence-corrected chi connectivity index (χ0v) is 27.3. The van der Waals surface area contributed by atoms with Gasteiger partial charge in [-0.3, -0.25) is 4.79 Å². The lowest BCUT2D eigenvalue weighted by Gasteiger charge is -2.55. The molecule has 5 rings (SSSR count). The third-order valence-electron chi connectivity index (χ3n) is 10.1. The van der Waals surface area contributed by atoms with Crippen molar-refractivity contribution >= 4 is 14.1 Å². The van der Waals surface area contributed by atoms with Crippen molar-refractivity contribution in [3.63, 3.8) is 0 Å². The Morgan fingerprint density at radius 3 is 2.00 bits per heavy atom. The zero-order chi connectivity index (χ0) is 30.3. The second kappa shape index (κ2) is 11.6. The first-order chi connectivity index (χ1) is 19.7. The normalized spacial score (nSPS) is 31.8. The number of benzene rings is 2. The van der Waals surface area contributed by atoms with E-state index in [1.807, 2.05) is 60.7 Å². The van der Waals surface area contributed by atoms with E-state index in [0.717, 1.165) is 24.0 Å². The van der Waals surface area contributed by atoms with Crippen LogP contribution in [-0.4, -0.2) is 36.7 Å². The average Bonchev–Trinajstić information content (AvgIpc) is 3.15. The fraction of sp³-hybridized carbons (Fsp3) is 0.571. The van der Waals surface area contributed by atoms with E-state index in [0.29, 0.717) is 18.6 Å². The van der Waals surface area contributed by atoms with Crippen molar-refractivity contribution in [2.45, 2.75) is 109 Å². The fourth-order valence-electron chi connectivity index (χ4n) is 6.92. The summed E-state index contributed by atoms with van der Waals surface area (Å²) in [4.78, 5) is 13.2. The highest BCUT2D eigenvalue weighted by Crippen LogP contribution is 2.60. The summed E-state index contributed by atoms with van der Waals surface area (Å²) in [6.07, 6.45) is 2.24.